The number of ketones is 2. The molecule has 9 heteroatoms. The van der Waals surface area contributed by atoms with Crippen molar-refractivity contribution in [1.82, 2.24) is 0 Å². The van der Waals surface area contributed by atoms with Gasteiger partial charge in [0.2, 0.25) is 0 Å². The van der Waals surface area contributed by atoms with Gasteiger partial charge < -0.3 is 18.9 Å². The van der Waals surface area contributed by atoms with Crippen molar-refractivity contribution in [3.8, 4) is 0 Å². The second-order valence-electron chi connectivity index (χ2n) is 22.6. The maximum Gasteiger partial charge on any atom is 0.309 e. The smallest absolute Gasteiger partial charge is 0.309 e. The normalized spacial score (nSPS) is 57.4. The van der Waals surface area contributed by atoms with Gasteiger partial charge in [0.05, 0.1) is 19.1 Å². The van der Waals surface area contributed by atoms with Gasteiger partial charge in [0, 0.05) is 47.8 Å². The van der Waals surface area contributed by atoms with Crippen molar-refractivity contribution in [2.24, 2.45) is 74.4 Å². The highest BCUT2D eigenvalue weighted by Gasteiger charge is 2.85. The molecular weight excluding hydrogens is 721 g/mol. The van der Waals surface area contributed by atoms with Gasteiger partial charge >= 0.3 is 17.9 Å². The van der Waals surface area contributed by atoms with Gasteiger partial charge in [0.15, 0.2) is 11.6 Å². The van der Waals surface area contributed by atoms with Gasteiger partial charge in [-0.05, 0) is 142 Å². The molecule has 8 saturated carbocycles. The second kappa shape index (κ2) is 10.7. The van der Waals surface area contributed by atoms with Gasteiger partial charge in [-0.1, -0.05) is 38.8 Å². The molecule has 0 aromatic carbocycles. The molecule has 0 aromatic rings. The van der Waals surface area contributed by atoms with Crippen molar-refractivity contribution in [3.63, 3.8) is 0 Å². The van der Waals surface area contributed by atoms with Crippen LogP contribution in [0.4, 0.5) is 0 Å². The number of epoxide rings is 1. The van der Waals surface area contributed by atoms with Crippen LogP contribution in [0.2, 0.25) is 0 Å². The van der Waals surface area contributed by atoms with E-state index < -0.39 is 11.2 Å². The van der Waals surface area contributed by atoms with Crippen LogP contribution in [0.3, 0.4) is 0 Å². The van der Waals surface area contributed by atoms with E-state index >= 15 is 0 Å². The van der Waals surface area contributed by atoms with E-state index in [4.69, 9.17) is 18.9 Å². The first-order valence-corrected chi connectivity index (χ1v) is 22.7. The minimum absolute atomic E-state index is 0.0303. The Morgan fingerprint density at radius 2 is 1.33 bits per heavy atom. The van der Waals surface area contributed by atoms with Gasteiger partial charge in [-0.15, -0.1) is 0 Å². The highest BCUT2D eigenvalue weighted by molar-refractivity contribution is 5.93. The van der Waals surface area contributed by atoms with E-state index in [0.717, 1.165) is 81.1 Å². The zero-order valence-corrected chi connectivity index (χ0v) is 34.5. The summed E-state index contributed by atoms with van der Waals surface area (Å²) in [5.41, 5.74) is 2.11. The van der Waals surface area contributed by atoms with Gasteiger partial charge in [-0.2, -0.15) is 0 Å². The number of fused-ring (bicyclic) bond motifs is 11. The molecule has 4 spiro atoms. The number of methoxy groups -OCH3 is 1. The lowest BCUT2D eigenvalue weighted by atomic mass is 9.43. The lowest BCUT2D eigenvalue weighted by molar-refractivity contribution is -0.172. The van der Waals surface area contributed by atoms with Gasteiger partial charge in [-0.3, -0.25) is 24.0 Å². The summed E-state index contributed by atoms with van der Waals surface area (Å²) in [6, 6.07) is 0. The van der Waals surface area contributed by atoms with Crippen LogP contribution in [-0.4, -0.2) is 59.5 Å². The fourth-order valence-electron chi connectivity index (χ4n) is 18.6. The fraction of sp³-hybridized carbons (Fsp3) is 0.812. The lowest BCUT2D eigenvalue weighted by Gasteiger charge is -2.59. The van der Waals surface area contributed by atoms with Crippen molar-refractivity contribution in [2.75, 3.05) is 7.11 Å². The number of ether oxygens (including phenoxy) is 4. The van der Waals surface area contributed by atoms with Crippen LogP contribution in [0.25, 0.3) is 0 Å². The quantitative estimate of drug-likeness (QED) is 0.151. The first-order chi connectivity index (χ1) is 27.1. The van der Waals surface area contributed by atoms with Crippen molar-refractivity contribution < 1.29 is 42.9 Å². The van der Waals surface area contributed by atoms with Crippen LogP contribution < -0.4 is 0 Å². The van der Waals surface area contributed by atoms with E-state index in [1.54, 1.807) is 11.6 Å². The molecule has 0 amide bonds. The molecule has 0 aromatic heterocycles. The molecule has 13 rings (SSSR count). The molecule has 0 radical (unpaired) electrons. The zero-order valence-electron chi connectivity index (χ0n) is 34.5. The Hall–Kier alpha value is -2.81. The van der Waals surface area contributed by atoms with E-state index in [0.29, 0.717) is 48.7 Å². The van der Waals surface area contributed by atoms with Crippen molar-refractivity contribution >= 4 is 29.5 Å². The maximum absolute atomic E-state index is 13.0. The minimum atomic E-state index is -0.424. The summed E-state index contributed by atoms with van der Waals surface area (Å²) in [5.74, 6) is 4.00. The van der Waals surface area contributed by atoms with Crippen LogP contribution in [0, 0.1) is 74.4 Å². The average Bonchev–Trinajstić information content (AvgIpc) is 4.11. The van der Waals surface area contributed by atoms with Crippen LogP contribution >= 0.6 is 0 Å². The Bertz CT molecular complexity index is 2030. The Morgan fingerprint density at radius 3 is 1.96 bits per heavy atom. The van der Waals surface area contributed by atoms with Crippen molar-refractivity contribution in [3.05, 3.63) is 23.3 Å². The summed E-state index contributed by atoms with van der Waals surface area (Å²) in [6.07, 6.45) is 19.4. The fourth-order valence-corrected chi connectivity index (χ4v) is 18.6. The molecule has 3 saturated heterocycles. The molecule has 0 N–H and O–H groups in total. The third-order valence-corrected chi connectivity index (χ3v) is 21.4. The van der Waals surface area contributed by atoms with Crippen LogP contribution in [0.15, 0.2) is 23.3 Å². The van der Waals surface area contributed by atoms with Crippen LogP contribution in [-0.2, 0) is 42.9 Å². The molecule has 57 heavy (non-hydrogen) atoms. The van der Waals surface area contributed by atoms with E-state index in [-0.39, 0.29) is 74.8 Å². The Kier molecular flexibility index (Phi) is 6.79. The summed E-state index contributed by atoms with van der Waals surface area (Å²) in [7, 11) is 1.45. The standard InChI is InChI=1S/C24H30O6.C24H30O3/c1-21-7-4-14(25)10-13(21)11-15(20(27)28-3)19-16-5-8-23(9-6-18(26)30-23)22(16,2)12-17-24(19,21)29-17;1-21-6-3-14(25)9-18(21)15-10-16(15)20-17-4-7-23(8-5-19(26)27-23)22(17,2)11-13-12-24(13,20)21/h10,15-17,19H,4-9,11-12H2,1-3H3;9,13,15-17,20H,3-8,10-12H2,1-2H3/t15?,16?,17?,19?,21?,22?,23-,24?;13?,15?,16?,17?,20?,21?,22?,23-,24?/m11/s1. The highest BCUT2D eigenvalue weighted by atomic mass is 16.6. The largest absolute Gasteiger partial charge is 0.469 e. The molecule has 3 aliphatic heterocycles. The minimum Gasteiger partial charge on any atom is -0.469 e. The average molecular weight is 781 g/mol. The molecule has 15 unspecified atom stereocenters. The second-order valence-corrected chi connectivity index (χ2v) is 22.6. The predicted molar refractivity (Wildman–Crippen MR) is 205 cm³/mol. The Morgan fingerprint density at radius 1 is 0.719 bits per heavy atom. The molecular formula is C48H60O9. The summed E-state index contributed by atoms with van der Waals surface area (Å²) in [4.78, 5) is 61.7. The van der Waals surface area contributed by atoms with Crippen molar-refractivity contribution in [1.29, 1.82) is 0 Å². The van der Waals surface area contributed by atoms with Crippen LogP contribution in [0.1, 0.15) is 137 Å². The summed E-state index contributed by atoms with van der Waals surface area (Å²) in [6.45, 7) is 9.52. The maximum atomic E-state index is 13.0. The monoisotopic (exact) mass is 780 g/mol. The van der Waals surface area contributed by atoms with E-state index in [2.05, 4.69) is 33.8 Å². The van der Waals surface area contributed by atoms with Gasteiger partial charge in [0.25, 0.3) is 0 Å². The zero-order chi connectivity index (χ0) is 39.5. The molecule has 9 nitrogen and oxygen atoms in total. The van der Waals surface area contributed by atoms with Gasteiger partial charge in [-0.25, -0.2) is 0 Å². The third-order valence-electron chi connectivity index (χ3n) is 21.4. The van der Waals surface area contributed by atoms with Crippen LogP contribution in [0.5, 0.6) is 0 Å². The third kappa shape index (κ3) is 3.98. The lowest BCUT2D eigenvalue weighted by Crippen LogP contribution is -2.63. The Balaban J connectivity index is 0.000000125. The molecule has 10 aliphatic carbocycles. The van der Waals surface area contributed by atoms with Gasteiger partial charge in [0.1, 0.15) is 16.8 Å². The SMILES string of the molecule is CC12CCC(=O)C=C1C1CC1C1C3CC[C@@]4(CCC(=O)O4)C3(C)CC3CC312.COC(=O)C1CC2=CC(=O)CCC2(C)C23OC2CC2(C)C(CC[C@@]24CCC(=O)O4)C13. The van der Waals surface area contributed by atoms with Crippen molar-refractivity contribution in [2.45, 2.75) is 160 Å². The molecule has 0 bridgehead atoms. The number of carbonyl (C=O) groups excluding carboxylic acids is 5. The number of hydrogen-bond donors (Lipinski definition) is 0. The molecule has 306 valence electrons. The van der Waals surface area contributed by atoms with E-state index in [1.807, 2.05) is 0 Å². The predicted octanol–water partition coefficient (Wildman–Crippen LogP) is 7.57. The number of rotatable bonds is 1. The number of carbonyl (C=O) groups is 5. The summed E-state index contributed by atoms with van der Waals surface area (Å²) in [5, 5.41) is 0. The Labute approximate surface area is 336 Å². The highest BCUT2D eigenvalue weighted by Crippen LogP contribution is 2.88. The number of allylic oxidation sites excluding steroid dienone is 1. The molecule has 11 fully saturated rings. The first-order valence-electron chi connectivity index (χ1n) is 22.7. The van der Waals surface area contributed by atoms with E-state index in [1.165, 1.54) is 32.8 Å². The van der Waals surface area contributed by atoms with E-state index in [9.17, 15) is 24.0 Å². The first kappa shape index (κ1) is 36.1. The molecule has 13 aliphatic rings. The summed E-state index contributed by atoms with van der Waals surface area (Å²) >= 11 is 0. The topological polar surface area (TPSA) is 126 Å². The number of esters is 3. The summed E-state index contributed by atoms with van der Waals surface area (Å²) < 4.78 is 24.1. The molecule has 3 heterocycles. The molecule has 17 atom stereocenters. The number of hydrogen-bond acceptors (Lipinski definition) is 9.